The maximum absolute atomic E-state index is 12.3. The van der Waals surface area contributed by atoms with Crippen LogP contribution in [-0.4, -0.2) is 70.3 Å². The normalized spacial score (nSPS) is 14.9. The van der Waals surface area contributed by atoms with E-state index in [2.05, 4.69) is 11.9 Å². The highest BCUT2D eigenvalue weighted by molar-refractivity contribution is 6.61. The Morgan fingerprint density at radius 2 is 1.80 bits per heavy atom. The summed E-state index contributed by atoms with van der Waals surface area (Å²) in [4.78, 5) is 35.8. The lowest BCUT2D eigenvalue weighted by Crippen LogP contribution is -2.44. The minimum atomic E-state index is -0.690. The van der Waals surface area contributed by atoms with Crippen LogP contribution in [0.1, 0.15) is 39.7 Å². The van der Waals surface area contributed by atoms with Crippen molar-refractivity contribution in [2.24, 2.45) is 0 Å². The van der Waals surface area contributed by atoms with Crippen molar-refractivity contribution in [1.29, 1.82) is 0 Å². The summed E-state index contributed by atoms with van der Waals surface area (Å²) >= 11 is 0. The van der Waals surface area contributed by atoms with Gasteiger partial charge in [0.2, 0.25) is 0 Å². The van der Waals surface area contributed by atoms with Crippen LogP contribution in [0, 0.1) is 0 Å². The number of benzene rings is 2. The highest BCUT2D eigenvalue weighted by Crippen LogP contribution is 2.13. The molecule has 3 rings (SSSR count). The first-order valence-electron chi connectivity index (χ1n) is 14.5. The Balaban J connectivity index is 1.40. The number of nitrogens with one attached hydrogen (secondary N) is 1. The van der Waals surface area contributed by atoms with Gasteiger partial charge in [-0.15, -0.1) is 0 Å². The molecule has 1 saturated heterocycles. The van der Waals surface area contributed by atoms with E-state index in [-0.39, 0.29) is 38.1 Å². The quantitative estimate of drug-likeness (QED) is 0.140. The van der Waals surface area contributed by atoms with Crippen LogP contribution >= 0.6 is 0 Å². The van der Waals surface area contributed by atoms with E-state index in [4.69, 9.17) is 32.8 Å². The molecule has 1 fully saturated rings. The van der Waals surface area contributed by atoms with Gasteiger partial charge in [-0.2, -0.15) is 0 Å². The third kappa shape index (κ3) is 12.4. The summed E-state index contributed by atoms with van der Waals surface area (Å²) in [5.74, 6) is -0.761. The molecule has 1 amide bonds. The molecule has 2 aromatic rings. The van der Waals surface area contributed by atoms with E-state index in [0.29, 0.717) is 18.8 Å². The second kappa shape index (κ2) is 18.0. The third-order valence-electron chi connectivity index (χ3n) is 5.94. The number of carbonyl (C=O) groups excluding carboxylic acids is 3. The molecule has 0 spiro atoms. The summed E-state index contributed by atoms with van der Waals surface area (Å²) in [5, 5.41) is 2.55. The first-order chi connectivity index (χ1) is 21.1. The minimum Gasteiger partial charge on any atom is -0.461 e. The first kappa shape index (κ1) is 34.6. The molecule has 1 unspecified atom stereocenters. The third-order valence-corrected chi connectivity index (χ3v) is 5.94. The molecule has 11 nitrogen and oxygen atoms in total. The topological polar surface area (TPSA) is 128 Å². The second-order valence-electron chi connectivity index (χ2n) is 10.3. The molecule has 2 aromatic carbocycles. The molecule has 1 aliphatic rings. The predicted molar refractivity (Wildman–Crippen MR) is 166 cm³/mol. The monoisotopic (exact) mass is 607 g/mol. The smallest absolute Gasteiger partial charge is 0.461 e. The van der Waals surface area contributed by atoms with Crippen LogP contribution < -0.4 is 21.0 Å². The summed E-state index contributed by atoms with van der Waals surface area (Å²) < 4.78 is 39.0. The van der Waals surface area contributed by atoms with Gasteiger partial charge in [-0.25, -0.2) is 14.4 Å². The van der Waals surface area contributed by atoms with Gasteiger partial charge >= 0.3 is 32.3 Å². The van der Waals surface area contributed by atoms with Crippen LogP contribution in [0.25, 0.3) is 0 Å². The molecule has 1 aliphatic heterocycles. The van der Waals surface area contributed by atoms with Gasteiger partial charge in [-0.05, 0) is 62.7 Å². The molecule has 1 atom stereocenters. The lowest BCUT2D eigenvalue weighted by atomic mass is 9.76. The van der Waals surface area contributed by atoms with E-state index in [1.807, 2.05) is 58.0 Å². The Labute approximate surface area is 259 Å². The molecule has 1 heterocycles. The van der Waals surface area contributed by atoms with E-state index < -0.39 is 32.3 Å². The lowest BCUT2D eigenvalue weighted by Gasteiger charge is -2.26. The number of rotatable bonds is 15. The summed E-state index contributed by atoms with van der Waals surface area (Å²) in [6.07, 6.45) is 3.38. The van der Waals surface area contributed by atoms with Crippen LogP contribution in [0.2, 0.25) is 0 Å². The predicted octanol–water partition coefficient (Wildman–Crippen LogP) is 2.85. The van der Waals surface area contributed by atoms with Crippen molar-refractivity contribution in [3.05, 3.63) is 78.9 Å². The van der Waals surface area contributed by atoms with Crippen LogP contribution in [0.3, 0.4) is 0 Å². The number of hydrogen-bond acceptors (Lipinski definition) is 10. The second-order valence-corrected chi connectivity index (χ2v) is 10.3. The van der Waals surface area contributed by atoms with Crippen molar-refractivity contribution in [2.45, 2.75) is 59.0 Å². The average molecular weight is 607 g/mol. The molecule has 44 heavy (non-hydrogen) atoms. The van der Waals surface area contributed by atoms with Crippen LogP contribution in [0.15, 0.2) is 73.3 Å². The molecule has 0 bridgehead atoms. The SMILES string of the molecule is C=CC(=O)OCc1cccc(B2OCCC(/C=C\C(=O)OCCNC(=O)Oc3cccc(B(OC(C)C)OC(C)C)c3)O2)c1. The van der Waals surface area contributed by atoms with Gasteiger partial charge in [-0.3, -0.25) is 0 Å². The van der Waals surface area contributed by atoms with E-state index in [0.717, 1.165) is 22.6 Å². The summed E-state index contributed by atoms with van der Waals surface area (Å²) in [6, 6.07) is 14.2. The molecule has 1 N–H and O–H groups in total. The highest BCUT2D eigenvalue weighted by atomic mass is 16.6. The Bertz CT molecular complexity index is 1280. The fourth-order valence-electron chi connectivity index (χ4n) is 4.01. The number of ether oxygens (including phenoxy) is 3. The Kier molecular flexibility index (Phi) is 14.2. The lowest BCUT2D eigenvalue weighted by molar-refractivity contribution is -0.139. The highest BCUT2D eigenvalue weighted by Gasteiger charge is 2.29. The summed E-state index contributed by atoms with van der Waals surface area (Å²) in [6.45, 7) is 11.6. The Morgan fingerprint density at radius 3 is 2.52 bits per heavy atom. The largest absolute Gasteiger partial charge is 0.494 e. The van der Waals surface area contributed by atoms with E-state index in [1.54, 1.807) is 24.3 Å². The van der Waals surface area contributed by atoms with Crippen LogP contribution in [-0.2, 0) is 44.3 Å². The van der Waals surface area contributed by atoms with Crippen LogP contribution in [0.4, 0.5) is 4.79 Å². The molecule has 13 heteroatoms. The fourth-order valence-corrected chi connectivity index (χ4v) is 4.01. The fraction of sp³-hybridized carbons (Fsp3) is 0.387. The van der Waals surface area contributed by atoms with Crippen molar-refractivity contribution in [3.63, 3.8) is 0 Å². The van der Waals surface area contributed by atoms with Crippen molar-refractivity contribution >= 4 is 43.2 Å². The standard InChI is InChI=1S/C31H39B2NO10/c1-6-29(35)39-21-24-9-7-10-25(19-24)32-40-17-15-27(44-32)13-14-30(36)38-18-16-34-31(37)41-28-12-8-11-26(20-28)33(42-22(2)3)43-23(4)5/h6-14,19-20,22-23,27H,1,15-18,21H2,2-5H3,(H,34,37)/b14-13-. The van der Waals surface area contributed by atoms with Crippen molar-refractivity contribution < 1.29 is 47.2 Å². The Hall–Kier alpha value is -3.90. The number of hydrogen-bond donors (Lipinski definition) is 1. The van der Waals surface area contributed by atoms with Gasteiger partial charge in [0.05, 0.1) is 12.6 Å². The van der Waals surface area contributed by atoms with Gasteiger partial charge in [-0.1, -0.05) is 49.1 Å². The van der Waals surface area contributed by atoms with Crippen molar-refractivity contribution in [2.75, 3.05) is 19.8 Å². The zero-order valence-corrected chi connectivity index (χ0v) is 25.6. The van der Waals surface area contributed by atoms with E-state index in [1.165, 1.54) is 6.08 Å². The minimum absolute atomic E-state index is 0.0503. The zero-order valence-electron chi connectivity index (χ0n) is 25.6. The molecular weight excluding hydrogens is 568 g/mol. The maximum atomic E-state index is 12.3. The first-order valence-corrected chi connectivity index (χ1v) is 14.5. The molecule has 0 aliphatic carbocycles. The van der Waals surface area contributed by atoms with Gasteiger partial charge < -0.3 is 38.1 Å². The van der Waals surface area contributed by atoms with Crippen molar-refractivity contribution in [3.8, 4) is 5.75 Å². The molecule has 0 radical (unpaired) electrons. The number of carbonyl (C=O) groups is 3. The Morgan fingerprint density at radius 1 is 1.05 bits per heavy atom. The van der Waals surface area contributed by atoms with Crippen LogP contribution in [0.5, 0.6) is 5.75 Å². The van der Waals surface area contributed by atoms with E-state index in [9.17, 15) is 14.4 Å². The number of esters is 2. The average Bonchev–Trinajstić information content (AvgIpc) is 3.00. The maximum Gasteiger partial charge on any atom is 0.494 e. The zero-order chi connectivity index (χ0) is 31.9. The molecule has 234 valence electrons. The van der Waals surface area contributed by atoms with Gasteiger partial charge in [0.1, 0.15) is 19.0 Å². The number of amides is 1. The molecule has 0 saturated carbocycles. The van der Waals surface area contributed by atoms with Gasteiger partial charge in [0.25, 0.3) is 0 Å². The van der Waals surface area contributed by atoms with E-state index >= 15 is 0 Å². The van der Waals surface area contributed by atoms with Gasteiger partial charge in [0, 0.05) is 31.0 Å². The van der Waals surface area contributed by atoms with Crippen molar-refractivity contribution in [1.82, 2.24) is 5.32 Å². The molecule has 0 aromatic heterocycles. The van der Waals surface area contributed by atoms with Gasteiger partial charge in [0.15, 0.2) is 0 Å². The summed E-state index contributed by atoms with van der Waals surface area (Å²) in [7, 11) is -1.24. The molecular formula is C31H39B2NO10. The summed E-state index contributed by atoms with van der Waals surface area (Å²) in [5.41, 5.74) is 2.26.